The zero-order valence-corrected chi connectivity index (χ0v) is 16.9. The molecule has 0 saturated carbocycles. The van der Waals surface area contributed by atoms with Crippen LogP contribution < -0.4 is 5.32 Å². The number of amides is 1. The third kappa shape index (κ3) is 4.51. The van der Waals surface area contributed by atoms with Crippen LogP contribution in [-0.2, 0) is 6.54 Å². The summed E-state index contributed by atoms with van der Waals surface area (Å²) in [4.78, 5) is 23.5. The summed E-state index contributed by atoms with van der Waals surface area (Å²) in [6.45, 7) is 2.37. The van der Waals surface area contributed by atoms with E-state index in [1.165, 1.54) is 12.1 Å². The molecule has 7 heteroatoms. The molecular weight excluding hydrogens is 392 g/mol. The summed E-state index contributed by atoms with van der Waals surface area (Å²) in [6.07, 6.45) is 0. The molecule has 3 aromatic carbocycles. The zero-order valence-electron chi connectivity index (χ0n) is 16.9. The van der Waals surface area contributed by atoms with Crippen molar-refractivity contribution in [1.82, 2.24) is 15.1 Å². The van der Waals surface area contributed by atoms with Gasteiger partial charge in [-0.05, 0) is 48.4 Å². The minimum absolute atomic E-state index is 0.00249. The molecular formula is C24H20N4O3. The highest BCUT2D eigenvalue weighted by molar-refractivity contribution is 5.94. The summed E-state index contributed by atoms with van der Waals surface area (Å²) >= 11 is 0. The number of benzene rings is 3. The summed E-state index contributed by atoms with van der Waals surface area (Å²) in [5.74, 6) is -0.258. The molecule has 0 radical (unpaired) electrons. The third-order valence-electron chi connectivity index (χ3n) is 4.86. The Labute approximate surface area is 179 Å². The molecule has 1 aromatic heterocycles. The number of nitrogens with zero attached hydrogens (tertiary/aromatic N) is 3. The Kier molecular flexibility index (Phi) is 5.57. The molecule has 0 aliphatic carbocycles. The molecule has 0 atom stereocenters. The minimum Gasteiger partial charge on any atom is -0.347 e. The van der Waals surface area contributed by atoms with Crippen LogP contribution in [0.2, 0.25) is 0 Å². The van der Waals surface area contributed by atoms with Gasteiger partial charge in [0.05, 0.1) is 16.3 Å². The summed E-state index contributed by atoms with van der Waals surface area (Å²) in [6, 6.07) is 25.2. The number of aryl methyl sites for hydroxylation is 1. The van der Waals surface area contributed by atoms with Gasteiger partial charge in [0, 0.05) is 24.2 Å². The van der Waals surface area contributed by atoms with Crippen molar-refractivity contribution in [2.45, 2.75) is 13.5 Å². The van der Waals surface area contributed by atoms with Gasteiger partial charge in [-0.2, -0.15) is 5.10 Å². The quantitative estimate of drug-likeness (QED) is 0.368. The van der Waals surface area contributed by atoms with Crippen LogP contribution in [0.3, 0.4) is 0 Å². The lowest BCUT2D eigenvalue weighted by Crippen LogP contribution is -2.25. The molecule has 0 bridgehead atoms. The Hall–Kier alpha value is -4.26. The average molecular weight is 412 g/mol. The van der Waals surface area contributed by atoms with Crippen LogP contribution in [0.4, 0.5) is 5.69 Å². The molecule has 0 aliphatic rings. The zero-order chi connectivity index (χ0) is 21.8. The van der Waals surface area contributed by atoms with Crippen LogP contribution in [-0.4, -0.2) is 20.6 Å². The number of rotatable bonds is 6. The number of hydrogen-bond acceptors (Lipinski definition) is 4. The van der Waals surface area contributed by atoms with Crippen molar-refractivity contribution in [2.75, 3.05) is 0 Å². The van der Waals surface area contributed by atoms with E-state index in [-0.39, 0.29) is 11.6 Å². The maximum Gasteiger partial charge on any atom is 0.270 e. The van der Waals surface area contributed by atoms with E-state index in [9.17, 15) is 14.9 Å². The van der Waals surface area contributed by atoms with Crippen molar-refractivity contribution in [3.63, 3.8) is 0 Å². The molecule has 31 heavy (non-hydrogen) atoms. The van der Waals surface area contributed by atoms with Crippen LogP contribution in [0.5, 0.6) is 0 Å². The SMILES string of the molecule is Cc1cccc(-n2nc(-c3ccc([N+](=O)[O-])cc3)cc2C(=O)NCc2ccccc2)c1. The molecule has 7 nitrogen and oxygen atoms in total. The van der Waals surface area contributed by atoms with Crippen molar-refractivity contribution in [2.24, 2.45) is 0 Å². The molecule has 0 spiro atoms. The van der Waals surface area contributed by atoms with Gasteiger partial charge in [0.15, 0.2) is 0 Å². The predicted octanol–water partition coefficient (Wildman–Crippen LogP) is 4.69. The van der Waals surface area contributed by atoms with Crippen molar-refractivity contribution in [3.05, 3.63) is 112 Å². The highest BCUT2D eigenvalue weighted by atomic mass is 16.6. The van der Waals surface area contributed by atoms with Gasteiger partial charge in [-0.15, -0.1) is 0 Å². The number of carbonyl (C=O) groups excluding carboxylic acids is 1. The molecule has 1 N–H and O–H groups in total. The molecule has 4 aromatic rings. The normalized spacial score (nSPS) is 10.6. The number of nitro benzene ring substituents is 1. The van der Waals surface area contributed by atoms with Crippen LogP contribution in [0.15, 0.2) is 84.9 Å². The summed E-state index contributed by atoms with van der Waals surface area (Å²) < 4.78 is 1.60. The first-order chi connectivity index (χ1) is 15.0. The molecule has 0 aliphatic heterocycles. The average Bonchev–Trinajstić information content (AvgIpc) is 3.24. The smallest absolute Gasteiger partial charge is 0.270 e. The fourth-order valence-electron chi connectivity index (χ4n) is 3.26. The summed E-state index contributed by atoms with van der Waals surface area (Å²) in [5, 5.41) is 18.5. The second kappa shape index (κ2) is 8.62. The van der Waals surface area contributed by atoms with Gasteiger partial charge >= 0.3 is 0 Å². The van der Waals surface area contributed by atoms with Gasteiger partial charge in [0.25, 0.3) is 11.6 Å². The van der Waals surface area contributed by atoms with E-state index in [1.54, 1.807) is 22.9 Å². The van der Waals surface area contributed by atoms with Crippen LogP contribution >= 0.6 is 0 Å². The fraction of sp³-hybridized carbons (Fsp3) is 0.0833. The second-order valence-corrected chi connectivity index (χ2v) is 7.14. The highest BCUT2D eigenvalue weighted by Gasteiger charge is 2.18. The van der Waals surface area contributed by atoms with E-state index in [4.69, 9.17) is 0 Å². The maximum absolute atomic E-state index is 13.0. The molecule has 4 rings (SSSR count). The number of carbonyl (C=O) groups is 1. The van der Waals surface area contributed by atoms with Crippen molar-refractivity contribution in [3.8, 4) is 16.9 Å². The molecule has 1 amide bonds. The lowest BCUT2D eigenvalue weighted by molar-refractivity contribution is -0.384. The Morgan fingerprint density at radius 2 is 1.74 bits per heavy atom. The standard InChI is InChI=1S/C24H20N4O3/c1-17-6-5-9-21(14-17)27-23(24(29)25-16-18-7-3-2-4-8-18)15-22(26-27)19-10-12-20(13-11-19)28(30)31/h2-15H,16H2,1H3,(H,25,29). The largest absolute Gasteiger partial charge is 0.347 e. The van der Waals surface area contributed by atoms with Gasteiger partial charge in [-0.25, -0.2) is 4.68 Å². The molecule has 1 heterocycles. The van der Waals surface area contributed by atoms with Crippen LogP contribution in [0.25, 0.3) is 16.9 Å². The number of aromatic nitrogens is 2. The molecule has 0 saturated heterocycles. The van der Waals surface area contributed by atoms with Crippen molar-refractivity contribution in [1.29, 1.82) is 0 Å². The minimum atomic E-state index is -0.447. The predicted molar refractivity (Wildman–Crippen MR) is 118 cm³/mol. The van der Waals surface area contributed by atoms with E-state index in [2.05, 4.69) is 10.4 Å². The van der Waals surface area contributed by atoms with Crippen LogP contribution in [0.1, 0.15) is 21.6 Å². The highest BCUT2D eigenvalue weighted by Crippen LogP contribution is 2.24. The first-order valence-corrected chi connectivity index (χ1v) is 9.75. The molecule has 0 fully saturated rings. The molecule has 0 unspecified atom stereocenters. The molecule has 154 valence electrons. The van der Waals surface area contributed by atoms with Gasteiger partial charge in [0.2, 0.25) is 0 Å². The Morgan fingerprint density at radius 3 is 2.42 bits per heavy atom. The second-order valence-electron chi connectivity index (χ2n) is 7.14. The Bertz CT molecular complexity index is 1230. The number of nitro groups is 1. The first-order valence-electron chi connectivity index (χ1n) is 9.75. The van der Waals surface area contributed by atoms with E-state index >= 15 is 0 Å². The number of nitrogens with one attached hydrogen (secondary N) is 1. The lowest BCUT2D eigenvalue weighted by atomic mass is 10.1. The van der Waals surface area contributed by atoms with E-state index in [1.807, 2.05) is 61.5 Å². The number of hydrogen-bond donors (Lipinski definition) is 1. The van der Waals surface area contributed by atoms with Crippen molar-refractivity contribution >= 4 is 11.6 Å². The topological polar surface area (TPSA) is 90.1 Å². The van der Waals surface area contributed by atoms with E-state index in [0.717, 1.165) is 16.8 Å². The van der Waals surface area contributed by atoms with E-state index in [0.29, 0.717) is 23.5 Å². The lowest BCUT2D eigenvalue weighted by Gasteiger charge is -2.09. The van der Waals surface area contributed by atoms with Gasteiger partial charge in [-0.1, -0.05) is 42.5 Å². The van der Waals surface area contributed by atoms with Crippen LogP contribution in [0, 0.1) is 17.0 Å². The monoisotopic (exact) mass is 412 g/mol. The van der Waals surface area contributed by atoms with Gasteiger partial charge in [-0.3, -0.25) is 14.9 Å². The Morgan fingerprint density at radius 1 is 1.00 bits per heavy atom. The van der Waals surface area contributed by atoms with Gasteiger partial charge in [0.1, 0.15) is 5.69 Å². The maximum atomic E-state index is 13.0. The summed E-state index contributed by atoms with van der Waals surface area (Å²) in [5.41, 5.74) is 4.43. The Balaban J connectivity index is 1.70. The summed E-state index contributed by atoms with van der Waals surface area (Å²) in [7, 11) is 0. The fourth-order valence-corrected chi connectivity index (χ4v) is 3.26. The first kappa shape index (κ1) is 20.0. The van der Waals surface area contributed by atoms with Gasteiger partial charge < -0.3 is 5.32 Å². The third-order valence-corrected chi connectivity index (χ3v) is 4.86. The van der Waals surface area contributed by atoms with E-state index < -0.39 is 4.92 Å². The van der Waals surface area contributed by atoms with Crippen molar-refractivity contribution < 1.29 is 9.72 Å². The number of non-ortho nitro benzene ring substituents is 1.